The van der Waals surface area contributed by atoms with Crippen LogP contribution in [0.25, 0.3) is 0 Å². The van der Waals surface area contributed by atoms with Gasteiger partial charge >= 0.3 is 0 Å². The highest BCUT2D eigenvalue weighted by molar-refractivity contribution is 9.10. The van der Waals surface area contributed by atoms with Gasteiger partial charge in [-0.25, -0.2) is 0 Å². The predicted octanol–water partition coefficient (Wildman–Crippen LogP) is 2.33. The Balaban J connectivity index is 2.71. The second-order valence-corrected chi connectivity index (χ2v) is 4.91. The Kier molecular flexibility index (Phi) is 6.15. The van der Waals surface area contributed by atoms with Crippen LogP contribution in [0, 0.1) is 0 Å². The van der Waals surface area contributed by atoms with Crippen LogP contribution >= 0.6 is 15.9 Å². The van der Waals surface area contributed by atoms with E-state index in [0.29, 0.717) is 6.54 Å². The van der Waals surface area contributed by atoms with Gasteiger partial charge in [-0.05, 0) is 31.5 Å². The fourth-order valence-corrected chi connectivity index (χ4v) is 2.13. The zero-order valence-corrected chi connectivity index (χ0v) is 12.3. The van der Waals surface area contributed by atoms with Gasteiger partial charge < -0.3 is 15.7 Å². The van der Waals surface area contributed by atoms with Gasteiger partial charge in [-0.2, -0.15) is 0 Å². The lowest BCUT2D eigenvalue weighted by molar-refractivity contribution is -0.120. The zero-order valence-electron chi connectivity index (χ0n) is 10.7. The highest BCUT2D eigenvalue weighted by Crippen LogP contribution is 2.29. The van der Waals surface area contributed by atoms with E-state index in [4.69, 9.17) is 0 Å². The van der Waals surface area contributed by atoms with Gasteiger partial charge in [-0.1, -0.05) is 22.9 Å². The summed E-state index contributed by atoms with van der Waals surface area (Å²) in [6, 6.07) is 5.27. The van der Waals surface area contributed by atoms with Crippen molar-refractivity contribution in [3.05, 3.63) is 28.2 Å². The number of halogens is 1. The van der Waals surface area contributed by atoms with E-state index in [0.717, 1.165) is 16.5 Å². The molecule has 0 aliphatic heterocycles. The molecule has 0 saturated heterocycles. The number of hydrogen-bond donors (Lipinski definition) is 3. The summed E-state index contributed by atoms with van der Waals surface area (Å²) in [5, 5.41) is 15.7. The maximum absolute atomic E-state index is 11.4. The molecule has 0 bridgehead atoms. The molecule has 1 atom stereocenters. The molecular weight excluding hydrogens is 296 g/mol. The van der Waals surface area contributed by atoms with Gasteiger partial charge in [0.25, 0.3) is 0 Å². The van der Waals surface area contributed by atoms with Gasteiger partial charge in [0.2, 0.25) is 5.91 Å². The van der Waals surface area contributed by atoms with Crippen molar-refractivity contribution >= 4 is 21.8 Å². The van der Waals surface area contributed by atoms with Crippen LogP contribution in [0.4, 0.5) is 0 Å². The number of amides is 1. The molecule has 1 rings (SSSR count). The highest BCUT2D eigenvalue weighted by Gasteiger charge is 2.14. The molecule has 100 valence electrons. The largest absolute Gasteiger partial charge is 0.508 e. The Morgan fingerprint density at radius 1 is 1.44 bits per heavy atom. The van der Waals surface area contributed by atoms with Crippen LogP contribution in [-0.2, 0) is 4.79 Å². The third-order valence-corrected chi connectivity index (χ3v) is 3.15. The fourth-order valence-electron chi connectivity index (χ4n) is 1.75. The van der Waals surface area contributed by atoms with E-state index in [1.54, 1.807) is 12.1 Å². The van der Waals surface area contributed by atoms with Gasteiger partial charge in [0.15, 0.2) is 0 Å². The molecule has 0 aliphatic carbocycles. The summed E-state index contributed by atoms with van der Waals surface area (Å²) < 4.78 is 0.911. The van der Waals surface area contributed by atoms with Crippen LogP contribution in [0.3, 0.4) is 0 Å². The molecule has 0 spiro atoms. The van der Waals surface area contributed by atoms with Gasteiger partial charge in [0.05, 0.1) is 6.54 Å². The van der Waals surface area contributed by atoms with E-state index in [-0.39, 0.29) is 24.2 Å². The Hall–Kier alpha value is -1.07. The molecule has 0 fully saturated rings. The van der Waals surface area contributed by atoms with Crippen molar-refractivity contribution in [2.24, 2.45) is 0 Å². The van der Waals surface area contributed by atoms with Crippen molar-refractivity contribution in [3.8, 4) is 5.75 Å². The van der Waals surface area contributed by atoms with Crippen molar-refractivity contribution in [3.63, 3.8) is 0 Å². The van der Waals surface area contributed by atoms with Crippen LogP contribution < -0.4 is 10.6 Å². The highest BCUT2D eigenvalue weighted by atomic mass is 79.9. The average molecular weight is 315 g/mol. The number of carbonyl (C=O) groups excluding carboxylic acids is 1. The predicted molar refractivity (Wildman–Crippen MR) is 75.5 cm³/mol. The van der Waals surface area contributed by atoms with Crippen molar-refractivity contribution < 1.29 is 9.90 Å². The molecule has 0 heterocycles. The SMILES string of the molecule is CCNC(=O)CNC(CC)c1cc(Br)ccc1O. The van der Waals surface area contributed by atoms with Gasteiger partial charge in [-0.15, -0.1) is 0 Å². The van der Waals surface area contributed by atoms with E-state index in [2.05, 4.69) is 26.6 Å². The lowest BCUT2D eigenvalue weighted by Gasteiger charge is -2.18. The monoisotopic (exact) mass is 314 g/mol. The van der Waals surface area contributed by atoms with Crippen LogP contribution in [0.15, 0.2) is 22.7 Å². The van der Waals surface area contributed by atoms with E-state index in [9.17, 15) is 9.90 Å². The number of likely N-dealkylation sites (N-methyl/N-ethyl adjacent to an activating group) is 1. The summed E-state index contributed by atoms with van der Waals surface area (Å²) in [5.41, 5.74) is 0.802. The summed E-state index contributed by atoms with van der Waals surface area (Å²) in [7, 11) is 0. The van der Waals surface area contributed by atoms with Gasteiger partial charge in [-0.3, -0.25) is 4.79 Å². The van der Waals surface area contributed by atoms with Crippen molar-refractivity contribution in [2.75, 3.05) is 13.1 Å². The fraction of sp³-hybridized carbons (Fsp3) is 0.462. The van der Waals surface area contributed by atoms with Crippen LogP contribution in [0.2, 0.25) is 0 Å². The number of aromatic hydroxyl groups is 1. The second-order valence-electron chi connectivity index (χ2n) is 4.00. The second kappa shape index (κ2) is 7.38. The summed E-state index contributed by atoms with van der Waals surface area (Å²) in [6.07, 6.45) is 0.795. The lowest BCUT2D eigenvalue weighted by Crippen LogP contribution is -2.35. The Morgan fingerprint density at radius 3 is 2.78 bits per heavy atom. The number of phenolic OH excluding ortho intramolecular Hbond substituents is 1. The Bertz CT molecular complexity index is 410. The zero-order chi connectivity index (χ0) is 13.5. The van der Waals surface area contributed by atoms with Crippen LogP contribution in [0.1, 0.15) is 31.9 Å². The smallest absolute Gasteiger partial charge is 0.233 e. The maximum Gasteiger partial charge on any atom is 0.233 e. The standard InChI is InChI=1S/C13H19BrN2O2/c1-3-11(16-8-13(18)15-4-2)10-7-9(14)5-6-12(10)17/h5-7,11,16-17H,3-4,8H2,1-2H3,(H,15,18). The molecule has 5 heteroatoms. The molecule has 3 N–H and O–H groups in total. The van der Waals surface area contributed by atoms with E-state index >= 15 is 0 Å². The number of rotatable bonds is 6. The third kappa shape index (κ3) is 4.31. The number of hydrogen-bond acceptors (Lipinski definition) is 3. The topological polar surface area (TPSA) is 61.4 Å². The summed E-state index contributed by atoms with van der Waals surface area (Å²) in [4.78, 5) is 11.4. The maximum atomic E-state index is 11.4. The number of nitrogens with one attached hydrogen (secondary N) is 2. The minimum absolute atomic E-state index is 0.0366. The summed E-state index contributed by atoms with van der Waals surface area (Å²) in [6.45, 7) is 4.77. The normalized spacial score (nSPS) is 12.2. The number of phenols is 1. The first kappa shape index (κ1) is 15.0. The van der Waals surface area contributed by atoms with Crippen molar-refractivity contribution in [1.29, 1.82) is 0 Å². The van der Waals surface area contributed by atoms with Crippen LogP contribution in [0.5, 0.6) is 5.75 Å². The molecule has 0 radical (unpaired) electrons. The van der Waals surface area contributed by atoms with Gasteiger partial charge in [0.1, 0.15) is 5.75 Å². The summed E-state index contributed by atoms with van der Waals surface area (Å²) >= 11 is 3.38. The van der Waals surface area contributed by atoms with E-state index in [1.807, 2.05) is 19.9 Å². The molecule has 18 heavy (non-hydrogen) atoms. The quantitative estimate of drug-likeness (QED) is 0.755. The minimum atomic E-state index is -0.0369. The molecule has 0 saturated carbocycles. The first-order chi connectivity index (χ1) is 8.58. The summed E-state index contributed by atoms with van der Waals surface area (Å²) in [5.74, 6) is 0.207. The molecule has 4 nitrogen and oxygen atoms in total. The van der Waals surface area contributed by atoms with Crippen molar-refractivity contribution in [2.45, 2.75) is 26.3 Å². The Labute approximate surface area is 116 Å². The molecule has 0 aromatic heterocycles. The lowest BCUT2D eigenvalue weighted by atomic mass is 10.0. The molecular formula is C13H19BrN2O2. The third-order valence-electron chi connectivity index (χ3n) is 2.66. The first-order valence-electron chi connectivity index (χ1n) is 6.07. The van der Waals surface area contributed by atoms with E-state index < -0.39 is 0 Å². The Morgan fingerprint density at radius 2 is 2.17 bits per heavy atom. The van der Waals surface area contributed by atoms with Crippen LogP contribution in [-0.4, -0.2) is 24.1 Å². The van der Waals surface area contributed by atoms with Gasteiger partial charge in [0, 0.05) is 22.6 Å². The van der Waals surface area contributed by atoms with Crippen molar-refractivity contribution in [1.82, 2.24) is 10.6 Å². The molecule has 0 aliphatic rings. The van der Waals surface area contributed by atoms with E-state index in [1.165, 1.54) is 0 Å². The minimum Gasteiger partial charge on any atom is -0.508 e. The number of benzene rings is 1. The molecule has 1 unspecified atom stereocenters. The first-order valence-corrected chi connectivity index (χ1v) is 6.86. The molecule has 1 aromatic rings. The molecule has 1 aromatic carbocycles. The number of carbonyl (C=O) groups is 1. The average Bonchev–Trinajstić information content (AvgIpc) is 2.34. The molecule has 1 amide bonds.